The fraction of sp³-hybridized carbons (Fsp3) is 0.645. The molecule has 5 heterocycles. The van der Waals surface area contributed by atoms with Crippen molar-refractivity contribution in [3.8, 4) is 5.75 Å². The Morgan fingerprint density at radius 1 is 1.00 bits per heavy atom. The molecular formula is C31H46N6O2. The highest BCUT2D eigenvalue weighted by Gasteiger charge is 2.32. The van der Waals surface area contributed by atoms with E-state index < -0.39 is 0 Å². The molecule has 39 heavy (non-hydrogen) atoms. The molecule has 8 heteroatoms. The minimum absolute atomic E-state index is 0.310. The Hall–Kier alpha value is -2.23. The maximum Gasteiger partial charge on any atom is 0.142 e. The summed E-state index contributed by atoms with van der Waals surface area (Å²) in [6.07, 6.45) is 5.18. The molecular weight excluding hydrogens is 488 g/mol. The predicted molar refractivity (Wildman–Crippen MR) is 156 cm³/mol. The van der Waals surface area contributed by atoms with Gasteiger partial charge in [-0.05, 0) is 55.3 Å². The molecule has 0 saturated carbocycles. The van der Waals surface area contributed by atoms with Crippen LogP contribution in [0.3, 0.4) is 0 Å². The molecule has 0 spiro atoms. The van der Waals surface area contributed by atoms with Crippen LogP contribution >= 0.6 is 0 Å². The van der Waals surface area contributed by atoms with Gasteiger partial charge in [0.25, 0.3) is 0 Å². The first-order valence-electron chi connectivity index (χ1n) is 15.2. The molecule has 2 fully saturated rings. The van der Waals surface area contributed by atoms with Crippen LogP contribution in [0.4, 0.5) is 5.69 Å². The van der Waals surface area contributed by atoms with Gasteiger partial charge in [-0.2, -0.15) is 0 Å². The third kappa shape index (κ3) is 6.41. The van der Waals surface area contributed by atoms with Crippen LogP contribution in [-0.4, -0.2) is 111 Å². The number of aromatic nitrogens is 1. The molecule has 0 radical (unpaired) electrons. The lowest BCUT2D eigenvalue weighted by molar-refractivity contribution is 0.104. The summed E-state index contributed by atoms with van der Waals surface area (Å²) in [6.45, 7) is 16.8. The molecule has 0 amide bonds. The number of nitrogens with one attached hydrogen (secondary N) is 1. The van der Waals surface area contributed by atoms with Crippen LogP contribution in [0.2, 0.25) is 0 Å². The molecule has 0 aliphatic carbocycles. The van der Waals surface area contributed by atoms with E-state index in [1.807, 2.05) is 12.3 Å². The second kappa shape index (κ2) is 13.0. The number of benzene rings is 1. The number of morpholine rings is 1. The zero-order chi connectivity index (χ0) is 26.4. The number of pyridine rings is 1. The molecule has 8 nitrogen and oxygen atoms in total. The lowest BCUT2D eigenvalue weighted by Gasteiger charge is -2.40. The number of ether oxygens (including phenoxy) is 2. The Morgan fingerprint density at radius 3 is 2.69 bits per heavy atom. The lowest BCUT2D eigenvalue weighted by atomic mass is 9.92. The highest BCUT2D eigenvalue weighted by atomic mass is 16.5. The summed E-state index contributed by atoms with van der Waals surface area (Å²) in [5, 5.41) is 3.90. The fourth-order valence-electron chi connectivity index (χ4n) is 6.86. The van der Waals surface area contributed by atoms with Gasteiger partial charge in [-0.25, -0.2) is 0 Å². The van der Waals surface area contributed by atoms with Crippen LogP contribution in [-0.2, 0) is 17.7 Å². The number of rotatable bonds is 9. The second-order valence-corrected chi connectivity index (χ2v) is 11.5. The van der Waals surface area contributed by atoms with Crippen LogP contribution in [0.25, 0.3) is 0 Å². The monoisotopic (exact) mass is 534 g/mol. The first-order chi connectivity index (χ1) is 19.3. The molecule has 0 unspecified atom stereocenters. The second-order valence-electron chi connectivity index (χ2n) is 11.5. The van der Waals surface area contributed by atoms with Crippen molar-refractivity contribution in [2.24, 2.45) is 0 Å². The molecule has 2 atom stereocenters. The highest BCUT2D eigenvalue weighted by Crippen LogP contribution is 2.35. The van der Waals surface area contributed by atoms with Crippen LogP contribution in [0, 0.1) is 0 Å². The van der Waals surface area contributed by atoms with E-state index in [1.54, 1.807) is 0 Å². The van der Waals surface area contributed by atoms with Gasteiger partial charge in [-0.3, -0.25) is 9.88 Å². The van der Waals surface area contributed by atoms with Gasteiger partial charge in [-0.1, -0.05) is 19.1 Å². The largest absolute Gasteiger partial charge is 0.492 e. The summed E-state index contributed by atoms with van der Waals surface area (Å²) in [5.74, 6) is 0.964. The van der Waals surface area contributed by atoms with Gasteiger partial charge >= 0.3 is 0 Å². The standard InChI is InChI=1S/C31H46N6O2/c1-2-34-13-15-35(16-14-34)11-5-12-37(29-9-19-39-30-8-4-10-32-31(29)30)24-26-22-27-25(23-33-26)6-3-7-28(27)36-17-20-38-21-18-36/h3-4,6-8,10,26,29,33H,2,5,9,11-24H2,1H3/t26-,29+/m1/s1. The SMILES string of the molecule is CCN1CCN(CCCN(C[C@H]2Cc3c(cccc3N3CCOCC3)CN2)[C@H]2CCOc3cccnc32)CC1. The molecule has 1 aromatic carbocycles. The fourth-order valence-corrected chi connectivity index (χ4v) is 6.86. The number of fused-ring (bicyclic) bond motifs is 2. The van der Waals surface area contributed by atoms with Crippen molar-refractivity contribution >= 4 is 5.69 Å². The van der Waals surface area contributed by atoms with Crippen molar-refractivity contribution in [3.05, 3.63) is 53.3 Å². The zero-order valence-corrected chi connectivity index (χ0v) is 23.7. The Balaban J connectivity index is 1.16. The topological polar surface area (TPSA) is 56.3 Å². The predicted octanol–water partition coefficient (Wildman–Crippen LogP) is 2.79. The number of hydrogen-bond donors (Lipinski definition) is 1. The zero-order valence-electron chi connectivity index (χ0n) is 23.7. The average Bonchev–Trinajstić information content (AvgIpc) is 3.01. The Morgan fingerprint density at radius 2 is 1.85 bits per heavy atom. The van der Waals surface area contributed by atoms with Crippen LogP contribution in [0.15, 0.2) is 36.5 Å². The molecule has 1 aromatic heterocycles. The van der Waals surface area contributed by atoms with Crippen molar-refractivity contribution < 1.29 is 9.47 Å². The number of piperazine rings is 1. The summed E-state index contributed by atoms with van der Waals surface area (Å²) in [4.78, 5) is 15.3. The van der Waals surface area contributed by atoms with Crippen LogP contribution in [0.1, 0.15) is 42.6 Å². The molecule has 1 N–H and O–H groups in total. The van der Waals surface area contributed by atoms with Gasteiger partial charge in [0.05, 0.1) is 31.6 Å². The maximum absolute atomic E-state index is 6.01. The summed E-state index contributed by atoms with van der Waals surface area (Å²) in [7, 11) is 0. The van der Waals surface area contributed by atoms with Gasteiger partial charge in [0.2, 0.25) is 0 Å². The van der Waals surface area contributed by atoms with Gasteiger partial charge in [-0.15, -0.1) is 0 Å². The first-order valence-corrected chi connectivity index (χ1v) is 15.2. The lowest BCUT2D eigenvalue weighted by Crippen LogP contribution is -2.49. The highest BCUT2D eigenvalue weighted by molar-refractivity contribution is 5.58. The molecule has 0 bridgehead atoms. The third-order valence-electron chi connectivity index (χ3n) is 9.12. The summed E-state index contributed by atoms with van der Waals surface area (Å²) < 4.78 is 11.7. The molecule has 2 saturated heterocycles. The van der Waals surface area contributed by atoms with Gasteiger partial charge in [0.15, 0.2) is 0 Å². The Labute approximate surface area is 234 Å². The van der Waals surface area contributed by atoms with Gasteiger partial charge in [0, 0.05) is 83.2 Å². The first kappa shape index (κ1) is 27.0. The summed E-state index contributed by atoms with van der Waals surface area (Å²) in [5.41, 5.74) is 5.51. The summed E-state index contributed by atoms with van der Waals surface area (Å²) in [6, 6.07) is 11.7. The van der Waals surface area contributed by atoms with Crippen molar-refractivity contribution in [2.45, 2.75) is 44.8 Å². The maximum atomic E-state index is 6.01. The van der Waals surface area contributed by atoms with E-state index >= 15 is 0 Å². The molecule has 4 aliphatic rings. The van der Waals surface area contributed by atoms with Crippen molar-refractivity contribution in [3.63, 3.8) is 0 Å². The van der Waals surface area contributed by atoms with Gasteiger partial charge in [0.1, 0.15) is 5.75 Å². The van der Waals surface area contributed by atoms with E-state index in [1.165, 1.54) is 62.5 Å². The third-order valence-corrected chi connectivity index (χ3v) is 9.12. The van der Waals surface area contributed by atoms with Crippen molar-refractivity contribution in [1.29, 1.82) is 0 Å². The molecule has 4 aliphatic heterocycles. The van der Waals surface area contributed by atoms with E-state index in [0.29, 0.717) is 12.1 Å². The average molecular weight is 535 g/mol. The van der Waals surface area contributed by atoms with Crippen LogP contribution < -0.4 is 15.0 Å². The minimum atomic E-state index is 0.310. The molecule has 212 valence electrons. The Bertz CT molecular complexity index is 1070. The van der Waals surface area contributed by atoms with E-state index in [4.69, 9.17) is 14.5 Å². The number of anilines is 1. The molecule has 2 aromatic rings. The molecule has 6 rings (SSSR count). The van der Waals surface area contributed by atoms with Gasteiger partial charge < -0.3 is 29.5 Å². The number of hydrogen-bond acceptors (Lipinski definition) is 8. The van der Waals surface area contributed by atoms with E-state index in [9.17, 15) is 0 Å². The van der Waals surface area contributed by atoms with Crippen molar-refractivity contribution in [2.75, 3.05) is 90.2 Å². The van der Waals surface area contributed by atoms with E-state index in [0.717, 1.165) is 76.8 Å². The minimum Gasteiger partial charge on any atom is -0.492 e. The Kier molecular flexibility index (Phi) is 8.96. The number of likely N-dealkylation sites (N-methyl/N-ethyl adjacent to an activating group) is 1. The van der Waals surface area contributed by atoms with E-state index in [2.05, 4.69) is 56.1 Å². The summed E-state index contributed by atoms with van der Waals surface area (Å²) >= 11 is 0. The van der Waals surface area contributed by atoms with E-state index in [-0.39, 0.29) is 0 Å². The normalized spacial score (nSPS) is 24.3. The van der Waals surface area contributed by atoms with Crippen LogP contribution in [0.5, 0.6) is 5.75 Å². The quantitative estimate of drug-likeness (QED) is 0.527. The number of nitrogens with zero attached hydrogens (tertiary/aromatic N) is 5. The van der Waals surface area contributed by atoms with Crippen molar-refractivity contribution in [1.82, 2.24) is 25.0 Å². The smallest absolute Gasteiger partial charge is 0.142 e.